The Kier molecular flexibility index (Phi) is 5.05. The predicted octanol–water partition coefficient (Wildman–Crippen LogP) is 2.26. The average Bonchev–Trinajstić information content (AvgIpc) is 3.33. The molecule has 4 heterocycles. The summed E-state index contributed by atoms with van der Waals surface area (Å²) in [6.45, 7) is 3.68. The summed E-state index contributed by atoms with van der Waals surface area (Å²) in [5, 5.41) is 11.4. The van der Waals surface area contributed by atoms with Gasteiger partial charge in [0.25, 0.3) is 0 Å². The Hall–Kier alpha value is -3.23. The van der Waals surface area contributed by atoms with Crippen molar-refractivity contribution in [3.05, 3.63) is 47.9 Å². The van der Waals surface area contributed by atoms with Crippen molar-refractivity contribution in [2.75, 3.05) is 13.1 Å². The summed E-state index contributed by atoms with van der Waals surface area (Å²) >= 11 is 0. The zero-order valence-electron chi connectivity index (χ0n) is 16.0. The maximum absolute atomic E-state index is 12.6. The van der Waals surface area contributed by atoms with Gasteiger partial charge in [0.1, 0.15) is 0 Å². The molecule has 146 valence electrons. The van der Waals surface area contributed by atoms with E-state index < -0.39 is 0 Å². The summed E-state index contributed by atoms with van der Waals surface area (Å²) in [6.07, 6.45) is 7.15. The van der Waals surface area contributed by atoms with E-state index in [1.807, 2.05) is 37.2 Å². The topological polar surface area (TPSA) is 102 Å². The number of aryl methyl sites for hydroxylation is 2. The van der Waals surface area contributed by atoms with Crippen molar-refractivity contribution in [3.8, 4) is 11.4 Å². The van der Waals surface area contributed by atoms with Crippen LogP contribution in [0.2, 0.25) is 0 Å². The third-order valence-electron chi connectivity index (χ3n) is 4.96. The van der Waals surface area contributed by atoms with Crippen molar-refractivity contribution in [2.45, 2.75) is 32.2 Å². The van der Waals surface area contributed by atoms with Gasteiger partial charge in [-0.15, -0.1) is 0 Å². The van der Waals surface area contributed by atoms with Gasteiger partial charge in [-0.1, -0.05) is 5.16 Å². The molecular weight excluding hydrogens is 358 g/mol. The largest absolute Gasteiger partial charge is 0.339 e. The van der Waals surface area contributed by atoms with Gasteiger partial charge in [0.2, 0.25) is 11.7 Å². The van der Waals surface area contributed by atoms with Gasteiger partial charge in [0.05, 0.1) is 11.6 Å². The van der Waals surface area contributed by atoms with E-state index in [-0.39, 0.29) is 11.9 Å². The number of piperidine rings is 1. The van der Waals surface area contributed by atoms with Crippen molar-refractivity contribution in [1.82, 2.24) is 35.1 Å². The van der Waals surface area contributed by atoms with Crippen LogP contribution < -0.4 is 5.32 Å². The van der Waals surface area contributed by atoms with Crippen molar-refractivity contribution >= 4 is 6.03 Å². The fraction of sp³-hybridized carbons (Fsp3) is 0.421. The molecule has 0 radical (unpaired) electrons. The SMILES string of the molecule is Cc1nn(C)cc1CNC(=O)N1CCC[C@H](c2nc(-c3cccnc3)no2)C1. The predicted molar refractivity (Wildman–Crippen MR) is 101 cm³/mol. The number of aromatic nitrogens is 5. The van der Waals surface area contributed by atoms with E-state index in [4.69, 9.17) is 4.52 Å². The molecule has 2 amide bonds. The number of rotatable bonds is 4. The van der Waals surface area contributed by atoms with Crippen LogP contribution in [0.4, 0.5) is 4.79 Å². The van der Waals surface area contributed by atoms with Crippen molar-refractivity contribution in [2.24, 2.45) is 7.05 Å². The Morgan fingerprint density at radius 3 is 3.07 bits per heavy atom. The van der Waals surface area contributed by atoms with Gasteiger partial charge in [-0.05, 0) is 31.9 Å². The molecule has 1 atom stereocenters. The fourth-order valence-corrected chi connectivity index (χ4v) is 3.48. The summed E-state index contributed by atoms with van der Waals surface area (Å²) in [6, 6.07) is 3.64. The first-order valence-corrected chi connectivity index (χ1v) is 9.36. The van der Waals surface area contributed by atoms with E-state index >= 15 is 0 Å². The highest BCUT2D eigenvalue weighted by Gasteiger charge is 2.28. The van der Waals surface area contributed by atoms with Crippen LogP contribution in [0, 0.1) is 6.92 Å². The quantitative estimate of drug-likeness (QED) is 0.744. The number of hydrogen-bond acceptors (Lipinski definition) is 6. The second kappa shape index (κ2) is 7.79. The smallest absolute Gasteiger partial charge is 0.317 e. The van der Waals surface area contributed by atoms with Crippen LogP contribution in [0.3, 0.4) is 0 Å². The van der Waals surface area contributed by atoms with Gasteiger partial charge in [0.15, 0.2) is 0 Å². The van der Waals surface area contributed by atoms with E-state index in [0.29, 0.717) is 24.8 Å². The Labute approximate surface area is 162 Å². The Morgan fingerprint density at radius 1 is 1.43 bits per heavy atom. The maximum atomic E-state index is 12.6. The third-order valence-corrected chi connectivity index (χ3v) is 4.96. The molecule has 3 aromatic heterocycles. The Bertz CT molecular complexity index is 950. The summed E-state index contributed by atoms with van der Waals surface area (Å²) in [5.74, 6) is 1.13. The maximum Gasteiger partial charge on any atom is 0.317 e. The number of carbonyl (C=O) groups is 1. The fourth-order valence-electron chi connectivity index (χ4n) is 3.48. The minimum atomic E-state index is -0.0834. The zero-order valence-corrected chi connectivity index (χ0v) is 16.0. The molecule has 0 aromatic carbocycles. The summed E-state index contributed by atoms with van der Waals surface area (Å²) < 4.78 is 7.23. The first kappa shape index (κ1) is 18.1. The molecule has 0 spiro atoms. The molecule has 0 bridgehead atoms. The summed E-state index contributed by atoms with van der Waals surface area (Å²) in [5.41, 5.74) is 2.75. The molecule has 0 saturated carbocycles. The van der Waals surface area contributed by atoms with Crippen LogP contribution in [-0.2, 0) is 13.6 Å². The van der Waals surface area contributed by atoms with E-state index in [9.17, 15) is 4.79 Å². The van der Waals surface area contributed by atoms with E-state index in [2.05, 4.69) is 25.5 Å². The lowest BCUT2D eigenvalue weighted by Crippen LogP contribution is -2.44. The van der Waals surface area contributed by atoms with Gasteiger partial charge < -0.3 is 14.7 Å². The molecule has 28 heavy (non-hydrogen) atoms. The highest BCUT2D eigenvalue weighted by Crippen LogP contribution is 2.27. The highest BCUT2D eigenvalue weighted by molar-refractivity contribution is 5.74. The van der Waals surface area contributed by atoms with Crippen LogP contribution in [0.25, 0.3) is 11.4 Å². The third kappa shape index (κ3) is 3.88. The number of nitrogens with zero attached hydrogens (tertiary/aromatic N) is 6. The highest BCUT2D eigenvalue weighted by atomic mass is 16.5. The minimum absolute atomic E-state index is 0.0394. The van der Waals surface area contributed by atoms with Crippen LogP contribution in [0.1, 0.15) is 35.9 Å². The number of likely N-dealkylation sites (tertiary alicyclic amines) is 1. The number of nitrogens with one attached hydrogen (secondary N) is 1. The Morgan fingerprint density at radius 2 is 2.32 bits per heavy atom. The van der Waals surface area contributed by atoms with Gasteiger partial charge in [0, 0.05) is 56.4 Å². The van der Waals surface area contributed by atoms with Gasteiger partial charge in [-0.3, -0.25) is 9.67 Å². The molecule has 4 rings (SSSR count). The standard InChI is InChI=1S/C19H23N7O2/c1-13-16(11-25(2)23-13)10-21-19(27)26-8-4-6-15(12-26)18-22-17(24-28-18)14-5-3-7-20-9-14/h3,5,7,9,11,15H,4,6,8,10,12H2,1-2H3,(H,21,27)/t15-/m0/s1. The summed E-state index contributed by atoms with van der Waals surface area (Å²) in [7, 11) is 1.87. The summed E-state index contributed by atoms with van der Waals surface area (Å²) in [4.78, 5) is 23.0. The second-order valence-electron chi connectivity index (χ2n) is 7.06. The van der Waals surface area contributed by atoms with Crippen molar-refractivity contribution in [1.29, 1.82) is 0 Å². The van der Waals surface area contributed by atoms with E-state index in [1.165, 1.54) is 0 Å². The lowest BCUT2D eigenvalue weighted by molar-refractivity contribution is 0.171. The van der Waals surface area contributed by atoms with Crippen molar-refractivity contribution < 1.29 is 9.32 Å². The molecule has 1 fully saturated rings. The van der Waals surface area contributed by atoms with Crippen LogP contribution in [0.15, 0.2) is 35.2 Å². The molecule has 3 aromatic rings. The number of pyridine rings is 1. The normalized spacial score (nSPS) is 16.9. The van der Waals surface area contributed by atoms with Gasteiger partial charge in [-0.2, -0.15) is 10.1 Å². The zero-order chi connectivity index (χ0) is 19.5. The first-order valence-electron chi connectivity index (χ1n) is 9.36. The second-order valence-corrected chi connectivity index (χ2v) is 7.06. The lowest BCUT2D eigenvalue weighted by Gasteiger charge is -2.31. The molecule has 9 nitrogen and oxygen atoms in total. The van der Waals surface area contributed by atoms with Gasteiger partial charge >= 0.3 is 6.03 Å². The monoisotopic (exact) mass is 381 g/mol. The molecule has 9 heteroatoms. The van der Waals surface area contributed by atoms with E-state index in [1.54, 1.807) is 17.1 Å². The number of carbonyl (C=O) groups excluding carboxylic acids is 1. The Balaban J connectivity index is 1.38. The number of urea groups is 1. The molecular formula is C19H23N7O2. The molecule has 0 unspecified atom stereocenters. The molecule has 1 saturated heterocycles. The molecule has 1 aliphatic heterocycles. The molecule has 1 aliphatic rings. The molecule has 1 N–H and O–H groups in total. The number of hydrogen-bond donors (Lipinski definition) is 1. The van der Waals surface area contributed by atoms with Crippen LogP contribution in [0.5, 0.6) is 0 Å². The van der Waals surface area contributed by atoms with Gasteiger partial charge in [-0.25, -0.2) is 4.79 Å². The van der Waals surface area contributed by atoms with Crippen LogP contribution >= 0.6 is 0 Å². The number of amides is 2. The van der Waals surface area contributed by atoms with Crippen LogP contribution in [-0.4, -0.2) is 48.9 Å². The first-order chi connectivity index (χ1) is 13.6. The molecule has 0 aliphatic carbocycles. The minimum Gasteiger partial charge on any atom is -0.339 e. The van der Waals surface area contributed by atoms with E-state index in [0.717, 1.165) is 36.2 Å². The average molecular weight is 381 g/mol. The van der Waals surface area contributed by atoms with Crippen molar-refractivity contribution in [3.63, 3.8) is 0 Å². The lowest BCUT2D eigenvalue weighted by atomic mass is 9.98.